The number of oxime groups is 1. The van der Waals surface area contributed by atoms with Gasteiger partial charge in [0.05, 0.1) is 26.0 Å². The molecule has 4 heteroatoms. The second-order valence-corrected chi connectivity index (χ2v) is 3.13. The Morgan fingerprint density at radius 3 is 2.60 bits per heavy atom. The van der Waals surface area contributed by atoms with Crippen LogP contribution >= 0.6 is 0 Å². The van der Waals surface area contributed by atoms with E-state index in [9.17, 15) is 0 Å². The third kappa shape index (κ3) is 3.99. The van der Waals surface area contributed by atoms with Gasteiger partial charge in [-0.3, -0.25) is 0 Å². The molecule has 0 bridgehead atoms. The van der Waals surface area contributed by atoms with Gasteiger partial charge >= 0.3 is 0 Å². The van der Waals surface area contributed by atoms with Crippen molar-refractivity contribution in [3.05, 3.63) is 29.8 Å². The molecule has 15 heavy (non-hydrogen) atoms. The minimum atomic E-state index is -0.197. The van der Waals surface area contributed by atoms with Gasteiger partial charge in [-0.1, -0.05) is 17.3 Å². The lowest BCUT2D eigenvalue weighted by molar-refractivity contribution is 0.0969. The van der Waals surface area contributed by atoms with Crippen LogP contribution < -0.4 is 4.74 Å². The van der Waals surface area contributed by atoms with Crippen LogP contribution in [-0.2, 0) is 11.3 Å². The van der Waals surface area contributed by atoms with Gasteiger partial charge in [0.15, 0.2) is 0 Å². The average molecular weight is 209 g/mol. The van der Waals surface area contributed by atoms with Crippen molar-refractivity contribution in [1.82, 2.24) is 0 Å². The average Bonchev–Trinajstić information content (AvgIpc) is 2.27. The van der Waals surface area contributed by atoms with Gasteiger partial charge in [0.25, 0.3) is 0 Å². The molecule has 1 atom stereocenters. The molecule has 0 heterocycles. The number of ether oxygens (including phenoxy) is 2. The van der Waals surface area contributed by atoms with Gasteiger partial charge in [-0.05, 0) is 24.6 Å². The number of hydrogen-bond donors (Lipinski definition) is 1. The van der Waals surface area contributed by atoms with Crippen molar-refractivity contribution in [2.45, 2.75) is 19.6 Å². The lowest BCUT2D eigenvalue weighted by atomic mass is 10.2. The second-order valence-electron chi connectivity index (χ2n) is 3.13. The van der Waals surface area contributed by atoms with Crippen molar-refractivity contribution < 1.29 is 14.7 Å². The molecule has 0 aliphatic heterocycles. The molecular formula is C11H15NO3. The summed E-state index contributed by atoms with van der Waals surface area (Å²) in [6, 6.07) is 7.62. The lowest BCUT2D eigenvalue weighted by Gasteiger charge is -2.07. The molecule has 0 saturated heterocycles. The monoisotopic (exact) mass is 209 g/mol. The Morgan fingerprint density at radius 2 is 2.07 bits per heavy atom. The first-order valence-corrected chi connectivity index (χ1v) is 4.68. The zero-order valence-corrected chi connectivity index (χ0v) is 8.88. The Labute approximate surface area is 89.1 Å². The summed E-state index contributed by atoms with van der Waals surface area (Å²) < 4.78 is 10.4. The van der Waals surface area contributed by atoms with Gasteiger partial charge in [0.1, 0.15) is 5.75 Å². The van der Waals surface area contributed by atoms with Gasteiger partial charge in [0.2, 0.25) is 0 Å². The maximum absolute atomic E-state index is 8.28. The summed E-state index contributed by atoms with van der Waals surface area (Å²) >= 11 is 0. The van der Waals surface area contributed by atoms with Crippen LogP contribution in [0.1, 0.15) is 12.5 Å². The second kappa shape index (κ2) is 6.03. The summed E-state index contributed by atoms with van der Waals surface area (Å²) in [5, 5.41) is 11.2. The fourth-order valence-corrected chi connectivity index (χ4v) is 1.09. The van der Waals surface area contributed by atoms with Gasteiger partial charge in [-0.25, -0.2) is 0 Å². The fraction of sp³-hybridized carbons (Fsp3) is 0.364. The maximum atomic E-state index is 8.28. The molecule has 0 amide bonds. The number of hydrogen-bond acceptors (Lipinski definition) is 4. The minimum Gasteiger partial charge on any atom is -0.497 e. The highest BCUT2D eigenvalue weighted by Crippen LogP contribution is 2.12. The third-order valence-electron chi connectivity index (χ3n) is 1.95. The summed E-state index contributed by atoms with van der Waals surface area (Å²) in [5.74, 6) is 0.823. The highest BCUT2D eigenvalue weighted by atomic mass is 16.5. The van der Waals surface area contributed by atoms with Crippen molar-refractivity contribution in [1.29, 1.82) is 0 Å². The van der Waals surface area contributed by atoms with Crippen LogP contribution in [0.25, 0.3) is 0 Å². The summed E-state index contributed by atoms with van der Waals surface area (Å²) in [6.07, 6.45) is 1.14. The molecule has 0 fully saturated rings. The topological polar surface area (TPSA) is 51.0 Å². The minimum absolute atomic E-state index is 0.197. The molecule has 1 aromatic rings. The van der Waals surface area contributed by atoms with Crippen LogP contribution in [-0.4, -0.2) is 24.6 Å². The highest BCUT2D eigenvalue weighted by Gasteiger charge is 1.99. The number of methoxy groups -OCH3 is 1. The Hall–Kier alpha value is -1.55. The molecule has 4 nitrogen and oxygen atoms in total. The van der Waals surface area contributed by atoms with E-state index in [2.05, 4.69) is 5.16 Å². The van der Waals surface area contributed by atoms with Gasteiger partial charge < -0.3 is 14.7 Å². The molecule has 0 spiro atoms. The SMILES string of the molecule is COc1ccc(CO[C@@H](C)/C=N/O)cc1. The van der Waals surface area contributed by atoms with Crippen LogP contribution in [0.4, 0.5) is 0 Å². The molecular weight excluding hydrogens is 194 g/mol. The summed E-state index contributed by atoms with van der Waals surface area (Å²) in [7, 11) is 1.63. The number of benzene rings is 1. The van der Waals surface area contributed by atoms with E-state index in [4.69, 9.17) is 14.7 Å². The van der Waals surface area contributed by atoms with Crippen LogP contribution in [0, 0.1) is 0 Å². The molecule has 1 rings (SSSR count). The van der Waals surface area contributed by atoms with Crippen molar-refractivity contribution in [2.24, 2.45) is 5.16 Å². The van der Waals surface area contributed by atoms with E-state index in [1.807, 2.05) is 31.2 Å². The van der Waals surface area contributed by atoms with Crippen molar-refractivity contribution in [3.8, 4) is 5.75 Å². The molecule has 1 aromatic carbocycles. The normalized spacial score (nSPS) is 12.9. The molecule has 0 aliphatic rings. The van der Waals surface area contributed by atoms with Crippen molar-refractivity contribution in [2.75, 3.05) is 7.11 Å². The standard InChI is InChI=1S/C11H15NO3/c1-9(7-12-13)15-8-10-3-5-11(14-2)6-4-10/h3-7,9,13H,8H2,1-2H3/b12-7+/t9-/m0/s1. The van der Waals surface area contributed by atoms with Gasteiger partial charge in [-0.2, -0.15) is 0 Å². The van der Waals surface area contributed by atoms with Crippen LogP contribution in [0.5, 0.6) is 5.75 Å². The van der Waals surface area contributed by atoms with E-state index < -0.39 is 0 Å². The smallest absolute Gasteiger partial charge is 0.118 e. The quantitative estimate of drug-likeness (QED) is 0.459. The predicted octanol–water partition coefficient (Wildman–Crippen LogP) is 2.06. The molecule has 0 unspecified atom stereocenters. The Balaban J connectivity index is 2.44. The first kappa shape index (κ1) is 11.5. The molecule has 82 valence electrons. The predicted molar refractivity (Wildman–Crippen MR) is 57.5 cm³/mol. The fourth-order valence-electron chi connectivity index (χ4n) is 1.09. The summed E-state index contributed by atoms with van der Waals surface area (Å²) in [4.78, 5) is 0. The zero-order valence-electron chi connectivity index (χ0n) is 8.88. The lowest BCUT2D eigenvalue weighted by Crippen LogP contribution is -2.09. The molecule has 1 N–H and O–H groups in total. The largest absolute Gasteiger partial charge is 0.497 e. The zero-order chi connectivity index (χ0) is 11.1. The Morgan fingerprint density at radius 1 is 1.40 bits per heavy atom. The summed E-state index contributed by atoms with van der Waals surface area (Å²) in [6.45, 7) is 2.29. The van der Waals surface area contributed by atoms with Crippen molar-refractivity contribution >= 4 is 6.21 Å². The molecule has 0 aromatic heterocycles. The first-order valence-electron chi connectivity index (χ1n) is 4.68. The van der Waals surface area contributed by atoms with Gasteiger partial charge in [-0.15, -0.1) is 0 Å². The van der Waals surface area contributed by atoms with Crippen LogP contribution in [0.3, 0.4) is 0 Å². The Kier molecular flexibility index (Phi) is 4.63. The third-order valence-corrected chi connectivity index (χ3v) is 1.95. The van der Waals surface area contributed by atoms with E-state index in [1.54, 1.807) is 7.11 Å². The van der Waals surface area contributed by atoms with E-state index in [1.165, 1.54) is 6.21 Å². The first-order chi connectivity index (χ1) is 7.26. The molecule has 0 aliphatic carbocycles. The molecule has 0 radical (unpaired) electrons. The number of nitrogens with zero attached hydrogens (tertiary/aromatic N) is 1. The highest BCUT2D eigenvalue weighted by molar-refractivity contribution is 5.61. The van der Waals surface area contributed by atoms with Gasteiger partial charge in [0, 0.05) is 0 Å². The van der Waals surface area contributed by atoms with E-state index in [0.717, 1.165) is 11.3 Å². The van der Waals surface area contributed by atoms with E-state index in [-0.39, 0.29) is 6.10 Å². The summed E-state index contributed by atoms with van der Waals surface area (Å²) in [5.41, 5.74) is 1.05. The number of rotatable bonds is 5. The maximum Gasteiger partial charge on any atom is 0.118 e. The Bertz CT molecular complexity index is 308. The van der Waals surface area contributed by atoms with Crippen molar-refractivity contribution in [3.63, 3.8) is 0 Å². The van der Waals surface area contributed by atoms with Crippen LogP contribution in [0.2, 0.25) is 0 Å². The van der Waals surface area contributed by atoms with E-state index in [0.29, 0.717) is 6.61 Å². The molecule has 0 saturated carbocycles. The van der Waals surface area contributed by atoms with Crippen LogP contribution in [0.15, 0.2) is 29.4 Å². The van der Waals surface area contributed by atoms with E-state index >= 15 is 0 Å².